The van der Waals surface area contributed by atoms with Gasteiger partial charge in [0.1, 0.15) is 0 Å². The van der Waals surface area contributed by atoms with Crippen molar-refractivity contribution in [2.75, 3.05) is 0 Å². The Bertz CT molecular complexity index is 318. The molecule has 1 aromatic rings. The fourth-order valence-corrected chi connectivity index (χ4v) is 1.84. The zero-order valence-corrected chi connectivity index (χ0v) is 10.4. The van der Waals surface area contributed by atoms with Gasteiger partial charge in [-0.2, -0.15) is 5.10 Å². The minimum absolute atomic E-state index is 0.714. The summed E-state index contributed by atoms with van der Waals surface area (Å²) in [5, 5.41) is 4.21. The van der Waals surface area contributed by atoms with Crippen molar-refractivity contribution in [1.82, 2.24) is 9.78 Å². The zero-order chi connectivity index (χ0) is 11.8. The summed E-state index contributed by atoms with van der Waals surface area (Å²) in [5.41, 5.74) is 1.70. The average Bonchev–Trinajstić information content (AvgIpc) is 2.65. The van der Waals surface area contributed by atoms with Crippen LogP contribution in [0, 0.1) is 6.92 Å². The first kappa shape index (κ1) is 12.9. The molecule has 3 nitrogen and oxygen atoms in total. The molecule has 0 aliphatic rings. The van der Waals surface area contributed by atoms with Crippen LogP contribution in [0.3, 0.4) is 0 Å². The van der Waals surface area contributed by atoms with Gasteiger partial charge < -0.3 is 0 Å². The molecule has 0 aliphatic heterocycles. The lowest BCUT2D eigenvalue weighted by molar-refractivity contribution is 0.112. The molecule has 1 rings (SSSR count). The van der Waals surface area contributed by atoms with Crippen LogP contribution in [0.15, 0.2) is 6.20 Å². The normalized spacial score (nSPS) is 10.6. The Labute approximate surface area is 97.8 Å². The summed E-state index contributed by atoms with van der Waals surface area (Å²) in [5.74, 6) is 0. The molecule has 90 valence electrons. The molecule has 0 N–H and O–H groups in total. The lowest BCUT2D eigenvalue weighted by atomic mass is 10.1. The minimum Gasteiger partial charge on any atom is -0.298 e. The van der Waals surface area contributed by atoms with Crippen LogP contribution in [0.5, 0.6) is 0 Å². The van der Waals surface area contributed by atoms with Crippen molar-refractivity contribution in [1.29, 1.82) is 0 Å². The van der Waals surface area contributed by atoms with Crippen molar-refractivity contribution >= 4 is 6.29 Å². The van der Waals surface area contributed by atoms with Gasteiger partial charge in [-0.05, 0) is 13.3 Å². The van der Waals surface area contributed by atoms with E-state index in [1.807, 2.05) is 11.6 Å². The molecule has 1 heterocycles. The second-order valence-corrected chi connectivity index (χ2v) is 4.29. The summed E-state index contributed by atoms with van der Waals surface area (Å²) in [6.45, 7) is 5.12. The Morgan fingerprint density at radius 3 is 2.56 bits per heavy atom. The number of unbranched alkanes of at least 4 members (excludes halogenated alkanes) is 5. The molecule has 0 amide bonds. The van der Waals surface area contributed by atoms with Crippen LogP contribution < -0.4 is 0 Å². The van der Waals surface area contributed by atoms with Crippen LogP contribution >= 0.6 is 0 Å². The highest BCUT2D eigenvalue weighted by molar-refractivity contribution is 5.75. The van der Waals surface area contributed by atoms with E-state index in [1.165, 1.54) is 32.1 Å². The van der Waals surface area contributed by atoms with Gasteiger partial charge in [-0.3, -0.25) is 9.48 Å². The van der Waals surface area contributed by atoms with Gasteiger partial charge in [0.05, 0.1) is 11.8 Å². The summed E-state index contributed by atoms with van der Waals surface area (Å²) in [7, 11) is 0. The maximum absolute atomic E-state index is 10.6. The molecule has 0 atom stereocenters. The van der Waals surface area contributed by atoms with E-state index >= 15 is 0 Å². The van der Waals surface area contributed by atoms with Crippen LogP contribution in [0.25, 0.3) is 0 Å². The fourth-order valence-electron chi connectivity index (χ4n) is 1.84. The maximum Gasteiger partial charge on any atom is 0.153 e. The van der Waals surface area contributed by atoms with Crippen LogP contribution in [0.1, 0.15) is 61.5 Å². The van der Waals surface area contributed by atoms with Crippen molar-refractivity contribution < 1.29 is 4.79 Å². The Balaban J connectivity index is 2.21. The van der Waals surface area contributed by atoms with Gasteiger partial charge in [-0.1, -0.05) is 39.0 Å². The van der Waals surface area contributed by atoms with E-state index in [4.69, 9.17) is 0 Å². The molecule has 1 aromatic heterocycles. The smallest absolute Gasteiger partial charge is 0.153 e. The number of aldehydes is 1. The Morgan fingerprint density at radius 2 is 1.94 bits per heavy atom. The number of aromatic nitrogens is 2. The van der Waals surface area contributed by atoms with Crippen LogP contribution in [-0.2, 0) is 6.54 Å². The Kier molecular flexibility index (Phi) is 5.83. The molecule has 0 fully saturated rings. The Morgan fingerprint density at radius 1 is 1.25 bits per heavy atom. The number of aryl methyl sites for hydroxylation is 1. The molecule has 0 aromatic carbocycles. The molecule has 0 bridgehead atoms. The third-order valence-corrected chi connectivity index (χ3v) is 2.99. The van der Waals surface area contributed by atoms with Crippen LogP contribution in [0.4, 0.5) is 0 Å². The van der Waals surface area contributed by atoms with Crippen molar-refractivity contribution in [3.05, 3.63) is 17.5 Å². The van der Waals surface area contributed by atoms with Gasteiger partial charge in [0.2, 0.25) is 0 Å². The van der Waals surface area contributed by atoms with Gasteiger partial charge in [0.25, 0.3) is 0 Å². The molecule has 16 heavy (non-hydrogen) atoms. The first-order chi connectivity index (χ1) is 7.79. The average molecular weight is 222 g/mol. The molecule has 0 unspecified atom stereocenters. The van der Waals surface area contributed by atoms with E-state index in [1.54, 1.807) is 6.20 Å². The molecule has 0 radical (unpaired) electrons. The van der Waals surface area contributed by atoms with Crippen molar-refractivity contribution in [2.45, 2.75) is 58.9 Å². The highest BCUT2D eigenvalue weighted by Gasteiger charge is 2.04. The number of carbonyl (C=O) groups is 1. The molecule has 0 aliphatic carbocycles. The minimum atomic E-state index is 0.714. The zero-order valence-electron chi connectivity index (χ0n) is 10.4. The van der Waals surface area contributed by atoms with E-state index in [0.717, 1.165) is 24.9 Å². The first-order valence-electron chi connectivity index (χ1n) is 6.27. The highest BCUT2D eigenvalue weighted by atomic mass is 16.1. The fraction of sp³-hybridized carbons (Fsp3) is 0.692. The quantitative estimate of drug-likeness (QED) is 0.499. The highest BCUT2D eigenvalue weighted by Crippen LogP contribution is 2.09. The van der Waals surface area contributed by atoms with E-state index < -0.39 is 0 Å². The monoisotopic (exact) mass is 222 g/mol. The van der Waals surface area contributed by atoms with Gasteiger partial charge in [0.15, 0.2) is 6.29 Å². The van der Waals surface area contributed by atoms with Gasteiger partial charge in [0, 0.05) is 12.2 Å². The predicted molar refractivity (Wildman–Crippen MR) is 65.7 cm³/mol. The van der Waals surface area contributed by atoms with Crippen LogP contribution in [-0.4, -0.2) is 16.1 Å². The van der Waals surface area contributed by atoms with Crippen LogP contribution in [0.2, 0.25) is 0 Å². The molecule has 0 spiro atoms. The lowest BCUT2D eigenvalue weighted by Crippen LogP contribution is -2.02. The first-order valence-corrected chi connectivity index (χ1v) is 6.27. The summed E-state index contributed by atoms with van der Waals surface area (Å²) in [6, 6.07) is 0. The van der Waals surface area contributed by atoms with Crippen molar-refractivity contribution in [3.63, 3.8) is 0 Å². The number of nitrogens with zero attached hydrogens (tertiary/aromatic N) is 2. The van der Waals surface area contributed by atoms with Crippen molar-refractivity contribution in [2.24, 2.45) is 0 Å². The molecular formula is C13H22N2O. The summed E-state index contributed by atoms with van der Waals surface area (Å²) < 4.78 is 1.93. The topological polar surface area (TPSA) is 34.9 Å². The Hall–Kier alpha value is -1.12. The third-order valence-electron chi connectivity index (χ3n) is 2.99. The second kappa shape index (κ2) is 7.20. The van der Waals surface area contributed by atoms with E-state index in [9.17, 15) is 4.79 Å². The van der Waals surface area contributed by atoms with Gasteiger partial charge in [-0.25, -0.2) is 0 Å². The van der Waals surface area contributed by atoms with Gasteiger partial charge >= 0.3 is 0 Å². The second-order valence-electron chi connectivity index (χ2n) is 4.29. The largest absolute Gasteiger partial charge is 0.298 e. The molecular weight excluding hydrogens is 200 g/mol. The van der Waals surface area contributed by atoms with E-state index in [0.29, 0.717) is 5.56 Å². The standard InChI is InChI=1S/C13H22N2O/c1-3-4-5-6-7-8-9-15-12(2)13(11-16)10-14-15/h10-11H,3-9H2,1-2H3. The molecule has 3 heteroatoms. The van der Waals surface area contributed by atoms with E-state index in [-0.39, 0.29) is 0 Å². The maximum atomic E-state index is 10.6. The summed E-state index contributed by atoms with van der Waals surface area (Å²) in [6.07, 6.45) is 10.2. The molecule has 0 saturated carbocycles. The number of hydrogen-bond acceptors (Lipinski definition) is 2. The van der Waals surface area contributed by atoms with E-state index in [2.05, 4.69) is 12.0 Å². The van der Waals surface area contributed by atoms with Crippen molar-refractivity contribution in [3.8, 4) is 0 Å². The lowest BCUT2D eigenvalue weighted by Gasteiger charge is -2.04. The number of rotatable bonds is 8. The third kappa shape index (κ3) is 3.80. The SMILES string of the molecule is CCCCCCCCn1ncc(C=O)c1C. The summed E-state index contributed by atoms with van der Waals surface area (Å²) >= 11 is 0. The molecule has 0 saturated heterocycles. The number of hydrogen-bond donors (Lipinski definition) is 0. The summed E-state index contributed by atoms with van der Waals surface area (Å²) in [4.78, 5) is 10.6. The predicted octanol–water partition coefficient (Wildman–Crippen LogP) is 3.36. The van der Waals surface area contributed by atoms with Gasteiger partial charge in [-0.15, -0.1) is 0 Å². The number of carbonyl (C=O) groups excluding carboxylic acids is 1.